The van der Waals surface area contributed by atoms with Gasteiger partial charge in [-0.2, -0.15) is 8.78 Å². The minimum atomic E-state index is -2.88. The molecule has 1 saturated heterocycles. The summed E-state index contributed by atoms with van der Waals surface area (Å²) in [6.07, 6.45) is 1.17. The predicted molar refractivity (Wildman–Crippen MR) is 101 cm³/mol. The molecule has 1 atom stereocenters. The number of ether oxygens (including phenoxy) is 1. The van der Waals surface area contributed by atoms with Crippen LogP contribution in [0, 0.1) is 5.92 Å². The molecule has 0 saturated carbocycles. The van der Waals surface area contributed by atoms with Crippen LogP contribution in [0.25, 0.3) is 0 Å². The molecule has 1 aliphatic heterocycles. The van der Waals surface area contributed by atoms with Gasteiger partial charge in [-0.3, -0.25) is 0 Å². The van der Waals surface area contributed by atoms with Gasteiger partial charge in [0.15, 0.2) is 5.96 Å². The molecule has 0 aliphatic carbocycles. The molecular formula is C18H27ClF2N4O. The average molecular weight is 389 g/mol. The number of rotatable bonds is 8. The van der Waals surface area contributed by atoms with Crippen molar-refractivity contribution in [2.24, 2.45) is 10.9 Å². The maximum absolute atomic E-state index is 12.6. The lowest BCUT2D eigenvalue weighted by Gasteiger charge is -2.16. The Morgan fingerprint density at radius 2 is 2.19 bits per heavy atom. The van der Waals surface area contributed by atoms with Crippen LogP contribution in [0.4, 0.5) is 8.78 Å². The van der Waals surface area contributed by atoms with Crippen molar-refractivity contribution in [2.45, 2.75) is 33.4 Å². The highest BCUT2D eigenvalue weighted by molar-refractivity contribution is 6.30. The molecule has 1 aliphatic rings. The van der Waals surface area contributed by atoms with E-state index < -0.39 is 6.61 Å². The second kappa shape index (κ2) is 10.5. The Kier molecular flexibility index (Phi) is 8.38. The lowest BCUT2D eigenvalue weighted by molar-refractivity contribution is -0.0504. The molecule has 0 amide bonds. The Balaban J connectivity index is 1.99. The summed E-state index contributed by atoms with van der Waals surface area (Å²) < 4.78 is 29.7. The number of hydrogen-bond donors (Lipinski definition) is 2. The largest absolute Gasteiger partial charge is 0.434 e. The van der Waals surface area contributed by atoms with Crippen molar-refractivity contribution >= 4 is 17.6 Å². The molecule has 1 aromatic rings. The normalized spacial score (nSPS) is 18.4. The third kappa shape index (κ3) is 6.61. The molecular weight excluding hydrogens is 362 g/mol. The number of guanidine groups is 1. The van der Waals surface area contributed by atoms with Crippen molar-refractivity contribution < 1.29 is 13.5 Å². The van der Waals surface area contributed by atoms with E-state index in [1.165, 1.54) is 18.6 Å². The first-order chi connectivity index (χ1) is 12.5. The maximum atomic E-state index is 12.6. The molecule has 2 rings (SSSR count). The van der Waals surface area contributed by atoms with E-state index in [0.29, 0.717) is 29.0 Å². The number of hydrogen-bond acceptors (Lipinski definition) is 3. The van der Waals surface area contributed by atoms with Crippen LogP contribution in [0.1, 0.15) is 25.8 Å². The van der Waals surface area contributed by atoms with E-state index >= 15 is 0 Å². The van der Waals surface area contributed by atoms with Crippen LogP contribution in [-0.4, -0.2) is 50.2 Å². The molecule has 0 radical (unpaired) electrons. The summed E-state index contributed by atoms with van der Waals surface area (Å²) in [5.41, 5.74) is 0.521. The molecule has 8 heteroatoms. The van der Waals surface area contributed by atoms with E-state index in [1.54, 1.807) is 6.07 Å². The second-order valence-corrected chi connectivity index (χ2v) is 6.69. The fraction of sp³-hybridized carbons (Fsp3) is 0.611. The average Bonchev–Trinajstić information content (AvgIpc) is 3.07. The highest BCUT2D eigenvalue weighted by atomic mass is 35.5. The Hall–Kier alpha value is -1.60. The zero-order valence-electron chi connectivity index (χ0n) is 15.3. The monoisotopic (exact) mass is 388 g/mol. The highest BCUT2D eigenvalue weighted by Gasteiger charge is 2.21. The predicted octanol–water partition coefficient (Wildman–Crippen LogP) is 3.34. The van der Waals surface area contributed by atoms with Crippen LogP contribution in [0.5, 0.6) is 5.75 Å². The van der Waals surface area contributed by atoms with E-state index in [1.807, 2.05) is 6.92 Å². The third-order valence-electron chi connectivity index (χ3n) is 4.37. The van der Waals surface area contributed by atoms with Gasteiger partial charge in [0, 0.05) is 30.2 Å². The van der Waals surface area contributed by atoms with Crippen LogP contribution >= 0.6 is 11.6 Å². The maximum Gasteiger partial charge on any atom is 0.387 e. The van der Waals surface area contributed by atoms with Crippen molar-refractivity contribution in [1.82, 2.24) is 15.5 Å². The van der Waals surface area contributed by atoms with Gasteiger partial charge in [-0.15, -0.1) is 0 Å². The molecule has 0 aromatic heterocycles. The quantitative estimate of drug-likeness (QED) is 0.529. The van der Waals surface area contributed by atoms with Gasteiger partial charge in [-0.05, 0) is 50.6 Å². The Labute approximate surface area is 158 Å². The minimum Gasteiger partial charge on any atom is -0.434 e. The van der Waals surface area contributed by atoms with Crippen molar-refractivity contribution in [3.05, 3.63) is 28.8 Å². The van der Waals surface area contributed by atoms with Crippen LogP contribution in [0.15, 0.2) is 23.2 Å². The van der Waals surface area contributed by atoms with E-state index in [2.05, 4.69) is 32.2 Å². The van der Waals surface area contributed by atoms with Gasteiger partial charge in [0.1, 0.15) is 5.75 Å². The van der Waals surface area contributed by atoms with Gasteiger partial charge in [-0.25, -0.2) is 4.99 Å². The molecule has 5 nitrogen and oxygen atoms in total. The molecule has 0 spiro atoms. The fourth-order valence-corrected chi connectivity index (χ4v) is 3.19. The summed E-state index contributed by atoms with van der Waals surface area (Å²) in [6, 6.07) is 4.56. The molecule has 1 heterocycles. The summed E-state index contributed by atoms with van der Waals surface area (Å²) in [4.78, 5) is 6.92. The van der Waals surface area contributed by atoms with Gasteiger partial charge in [-0.1, -0.05) is 18.5 Å². The van der Waals surface area contributed by atoms with Crippen molar-refractivity contribution in [3.63, 3.8) is 0 Å². The first-order valence-corrected chi connectivity index (χ1v) is 9.37. The van der Waals surface area contributed by atoms with E-state index in [0.717, 1.165) is 26.2 Å². The number of aliphatic imine (C=N–C) groups is 1. The van der Waals surface area contributed by atoms with E-state index in [4.69, 9.17) is 11.6 Å². The van der Waals surface area contributed by atoms with Gasteiger partial charge in [0.2, 0.25) is 0 Å². The number of benzene rings is 1. The molecule has 146 valence electrons. The Morgan fingerprint density at radius 3 is 2.85 bits per heavy atom. The fourth-order valence-electron chi connectivity index (χ4n) is 3.00. The molecule has 2 N–H and O–H groups in total. The summed E-state index contributed by atoms with van der Waals surface area (Å²) in [5, 5.41) is 6.98. The lowest BCUT2D eigenvalue weighted by Crippen LogP contribution is -2.40. The summed E-state index contributed by atoms with van der Waals surface area (Å²) in [5.74, 6) is 1.34. The smallest absolute Gasteiger partial charge is 0.387 e. The van der Waals surface area contributed by atoms with Crippen molar-refractivity contribution in [1.29, 1.82) is 0 Å². The number of alkyl halides is 2. The second-order valence-electron chi connectivity index (χ2n) is 6.25. The van der Waals surface area contributed by atoms with Crippen LogP contribution in [0.2, 0.25) is 5.02 Å². The first kappa shape index (κ1) is 20.7. The number of likely N-dealkylation sites (tertiary alicyclic amines) is 1. The molecule has 1 aromatic carbocycles. The van der Waals surface area contributed by atoms with E-state index in [-0.39, 0.29) is 12.3 Å². The van der Waals surface area contributed by atoms with Crippen LogP contribution < -0.4 is 15.4 Å². The standard InChI is InChI=1S/C18H27ClF2N4O/c1-3-22-18(23-10-13-7-8-25(4-2)12-13)24-11-14-9-15(19)5-6-16(14)26-17(20)21/h5-6,9,13,17H,3-4,7-8,10-12H2,1-2H3,(H2,22,23,24). The van der Waals surface area contributed by atoms with Crippen molar-refractivity contribution in [3.8, 4) is 5.75 Å². The first-order valence-electron chi connectivity index (χ1n) is 8.99. The summed E-state index contributed by atoms with van der Waals surface area (Å²) >= 11 is 5.98. The summed E-state index contributed by atoms with van der Waals surface area (Å²) in [7, 11) is 0. The van der Waals surface area contributed by atoms with Gasteiger partial charge < -0.3 is 20.3 Å². The number of nitrogens with one attached hydrogen (secondary N) is 2. The molecule has 26 heavy (non-hydrogen) atoms. The van der Waals surface area contributed by atoms with Gasteiger partial charge in [0.25, 0.3) is 0 Å². The molecule has 0 bridgehead atoms. The van der Waals surface area contributed by atoms with E-state index in [9.17, 15) is 8.78 Å². The van der Waals surface area contributed by atoms with Crippen LogP contribution in [-0.2, 0) is 6.54 Å². The lowest BCUT2D eigenvalue weighted by atomic mass is 10.1. The Morgan fingerprint density at radius 1 is 1.38 bits per heavy atom. The van der Waals surface area contributed by atoms with Crippen LogP contribution in [0.3, 0.4) is 0 Å². The number of nitrogens with zero attached hydrogens (tertiary/aromatic N) is 2. The van der Waals surface area contributed by atoms with Gasteiger partial charge in [0.05, 0.1) is 6.54 Å². The summed E-state index contributed by atoms with van der Waals surface area (Å²) in [6.45, 7) is 6.31. The van der Waals surface area contributed by atoms with Crippen molar-refractivity contribution in [2.75, 3.05) is 32.7 Å². The topological polar surface area (TPSA) is 48.9 Å². The Bertz CT molecular complexity index is 601. The third-order valence-corrected chi connectivity index (χ3v) is 4.60. The van der Waals surface area contributed by atoms with Gasteiger partial charge >= 0.3 is 6.61 Å². The minimum absolute atomic E-state index is 0.0957. The zero-order valence-corrected chi connectivity index (χ0v) is 16.0. The SMILES string of the molecule is CCNC(=NCc1cc(Cl)ccc1OC(F)F)NCC1CCN(CC)C1. The highest BCUT2D eigenvalue weighted by Crippen LogP contribution is 2.25. The number of halogens is 3. The zero-order chi connectivity index (χ0) is 18.9. The molecule has 1 unspecified atom stereocenters. The molecule has 1 fully saturated rings.